The van der Waals surface area contributed by atoms with Crippen LogP contribution in [0.5, 0.6) is 0 Å². The van der Waals surface area contributed by atoms with Gasteiger partial charge in [-0.25, -0.2) is 0 Å². The monoisotopic (exact) mass is 238 g/mol. The fourth-order valence-electron chi connectivity index (χ4n) is 1.38. The molecule has 0 aliphatic carbocycles. The quantitative estimate of drug-likeness (QED) is 0.795. The van der Waals surface area contributed by atoms with E-state index in [2.05, 4.69) is 24.5 Å². The predicted molar refractivity (Wildman–Crippen MR) is 67.6 cm³/mol. The molecule has 96 valence electrons. The van der Waals surface area contributed by atoms with Crippen molar-refractivity contribution >= 4 is 5.91 Å². The highest BCUT2D eigenvalue weighted by atomic mass is 16.3. The zero-order valence-corrected chi connectivity index (χ0v) is 11.0. The lowest BCUT2D eigenvalue weighted by Gasteiger charge is -2.14. The van der Waals surface area contributed by atoms with Crippen LogP contribution in [0.25, 0.3) is 0 Å². The van der Waals surface area contributed by atoms with Gasteiger partial charge >= 0.3 is 0 Å². The third-order valence-corrected chi connectivity index (χ3v) is 2.46. The van der Waals surface area contributed by atoms with Crippen LogP contribution in [0.3, 0.4) is 0 Å². The van der Waals surface area contributed by atoms with E-state index >= 15 is 0 Å². The Labute approximate surface area is 103 Å². The van der Waals surface area contributed by atoms with E-state index in [1.807, 2.05) is 26.0 Å². The summed E-state index contributed by atoms with van der Waals surface area (Å²) in [6.07, 6.45) is 0. The third-order valence-electron chi connectivity index (χ3n) is 2.46. The zero-order valence-electron chi connectivity index (χ0n) is 11.0. The molecule has 0 saturated carbocycles. The van der Waals surface area contributed by atoms with E-state index in [0.717, 1.165) is 11.5 Å². The third kappa shape index (κ3) is 5.04. The molecule has 1 aromatic heterocycles. The molecule has 1 amide bonds. The molecule has 4 nitrogen and oxygen atoms in total. The highest BCUT2D eigenvalue weighted by Gasteiger charge is 2.12. The summed E-state index contributed by atoms with van der Waals surface area (Å²) in [6.45, 7) is 9.19. The molecule has 4 heteroatoms. The van der Waals surface area contributed by atoms with Crippen LogP contribution in [-0.2, 0) is 11.3 Å². The smallest absolute Gasteiger partial charge is 0.236 e. The average Bonchev–Trinajstić information content (AvgIpc) is 2.68. The number of furan rings is 1. The SMILES string of the molecule is Cc1ccc(CNC(C)C(=O)NCC(C)C)o1. The van der Waals surface area contributed by atoms with Gasteiger partial charge in [-0.3, -0.25) is 10.1 Å². The van der Waals surface area contributed by atoms with Crippen LogP contribution in [0.4, 0.5) is 0 Å². The van der Waals surface area contributed by atoms with Crippen LogP contribution in [0.15, 0.2) is 16.5 Å². The molecule has 2 N–H and O–H groups in total. The van der Waals surface area contributed by atoms with E-state index in [1.165, 1.54) is 0 Å². The minimum Gasteiger partial charge on any atom is -0.465 e. The molecule has 17 heavy (non-hydrogen) atoms. The first-order valence-electron chi connectivity index (χ1n) is 6.05. The predicted octanol–water partition coefficient (Wildman–Crippen LogP) is 1.84. The Balaban J connectivity index is 2.29. The molecule has 0 saturated heterocycles. The first-order chi connectivity index (χ1) is 7.99. The van der Waals surface area contributed by atoms with Gasteiger partial charge in [-0.1, -0.05) is 13.8 Å². The lowest BCUT2D eigenvalue weighted by Crippen LogP contribution is -2.42. The highest BCUT2D eigenvalue weighted by molar-refractivity contribution is 5.81. The molecular weight excluding hydrogens is 216 g/mol. The van der Waals surface area contributed by atoms with E-state index in [-0.39, 0.29) is 11.9 Å². The van der Waals surface area contributed by atoms with Crippen LogP contribution >= 0.6 is 0 Å². The topological polar surface area (TPSA) is 54.3 Å². The van der Waals surface area contributed by atoms with Crippen LogP contribution < -0.4 is 10.6 Å². The van der Waals surface area contributed by atoms with Gasteiger partial charge in [0.2, 0.25) is 5.91 Å². The van der Waals surface area contributed by atoms with Gasteiger partial charge in [-0.2, -0.15) is 0 Å². The Morgan fingerprint density at radius 2 is 2.06 bits per heavy atom. The van der Waals surface area contributed by atoms with Gasteiger partial charge in [0, 0.05) is 6.54 Å². The maximum atomic E-state index is 11.7. The standard InChI is InChI=1S/C13H22N2O2/c1-9(2)7-15-13(16)11(4)14-8-12-6-5-10(3)17-12/h5-6,9,11,14H,7-8H2,1-4H3,(H,15,16). The minimum absolute atomic E-state index is 0.0296. The van der Waals surface area contributed by atoms with Gasteiger partial charge in [0.25, 0.3) is 0 Å². The fraction of sp³-hybridized carbons (Fsp3) is 0.615. The molecule has 1 heterocycles. The second-order valence-corrected chi connectivity index (χ2v) is 4.75. The van der Waals surface area contributed by atoms with E-state index in [4.69, 9.17) is 4.42 Å². The molecular formula is C13H22N2O2. The number of amides is 1. The molecule has 0 bridgehead atoms. The Morgan fingerprint density at radius 3 is 2.59 bits per heavy atom. The summed E-state index contributed by atoms with van der Waals surface area (Å²) in [7, 11) is 0. The fourth-order valence-corrected chi connectivity index (χ4v) is 1.38. The Kier molecular flexibility index (Phi) is 5.22. The largest absolute Gasteiger partial charge is 0.465 e. The van der Waals surface area contributed by atoms with Gasteiger partial charge in [0.15, 0.2) is 0 Å². The Bertz CT molecular complexity index is 358. The second-order valence-electron chi connectivity index (χ2n) is 4.75. The highest BCUT2D eigenvalue weighted by Crippen LogP contribution is 2.05. The molecule has 1 atom stereocenters. The van der Waals surface area contributed by atoms with Crippen molar-refractivity contribution in [1.29, 1.82) is 0 Å². The lowest BCUT2D eigenvalue weighted by molar-refractivity contribution is -0.122. The molecule has 0 aliphatic heterocycles. The van der Waals surface area contributed by atoms with Crippen molar-refractivity contribution in [2.45, 2.75) is 40.3 Å². The van der Waals surface area contributed by atoms with E-state index < -0.39 is 0 Å². The van der Waals surface area contributed by atoms with Gasteiger partial charge in [0.1, 0.15) is 11.5 Å². The first-order valence-corrected chi connectivity index (χ1v) is 6.05. The Hall–Kier alpha value is -1.29. The summed E-state index contributed by atoms with van der Waals surface area (Å²) in [5.74, 6) is 2.24. The van der Waals surface area contributed by atoms with Crippen molar-refractivity contribution in [2.75, 3.05) is 6.54 Å². The van der Waals surface area contributed by atoms with Crippen molar-refractivity contribution < 1.29 is 9.21 Å². The molecule has 0 fully saturated rings. The number of rotatable bonds is 6. The maximum absolute atomic E-state index is 11.7. The van der Waals surface area contributed by atoms with Crippen molar-refractivity contribution in [1.82, 2.24) is 10.6 Å². The lowest BCUT2D eigenvalue weighted by atomic mass is 10.2. The molecule has 1 rings (SSSR count). The molecule has 0 radical (unpaired) electrons. The summed E-state index contributed by atoms with van der Waals surface area (Å²) in [5.41, 5.74) is 0. The normalized spacial score (nSPS) is 12.8. The van der Waals surface area contributed by atoms with Gasteiger partial charge < -0.3 is 9.73 Å². The number of hydrogen-bond acceptors (Lipinski definition) is 3. The average molecular weight is 238 g/mol. The van der Waals surface area contributed by atoms with E-state index in [0.29, 0.717) is 19.0 Å². The van der Waals surface area contributed by atoms with Crippen molar-refractivity contribution in [3.63, 3.8) is 0 Å². The van der Waals surface area contributed by atoms with E-state index in [9.17, 15) is 4.79 Å². The summed E-state index contributed by atoms with van der Waals surface area (Å²) in [4.78, 5) is 11.7. The van der Waals surface area contributed by atoms with Crippen LogP contribution in [-0.4, -0.2) is 18.5 Å². The van der Waals surface area contributed by atoms with Crippen molar-refractivity contribution in [3.05, 3.63) is 23.7 Å². The first kappa shape index (κ1) is 13.8. The summed E-state index contributed by atoms with van der Waals surface area (Å²) in [6, 6.07) is 3.63. The molecule has 1 aromatic rings. The summed E-state index contributed by atoms with van der Waals surface area (Å²) in [5, 5.41) is 6.02. The van der Waals surface area contributed by atoms with Gasteiger partial charge in [0.05, 0.1) is 12.6 Å². The van der Waals surface area contributed by atoms with E-state index in [1.54, 1.807) is 0 Å². The van der Waals surface area contributed by atoms with Crippen LogP contribution in [0, 0.1) is 12.8 Å². The maximum Gasteiger partial charge on any atom is 0.236 e. The minimum atomic E-state index is -0.209. The molecule has 0 aliphatic rings. The number of carbonyl (C=O) groups is 1. The molecule has 0 aromatic carbocycles. The number of aryl methyl sites for hydroxylation is 1. The number of carbonyl (C=O) groups excluding carboxylic acids is 1. The van der Waals surface area contributed by atoms with Gasteiger partial charge in [-0.05, 0) is 31.9 Å². The van der Waals surface area contributed by atoms with Gasteiger partial charge in [-0.15, -0.1) is 0 Å². The molecule has 0 spiro atoms. The summed E-state index contributed by atoms with van der Waals surface area (Å²) < 4.78 is 5.42. The zero-order chi connectivity index (χ0) is 12.8. The number of nitrogens with one attached hydrogen (secondary N) is 2. The molecule has 1 unspecified atom stereocenters. The Morgan fingerprint density at radius 1 is 1.35 bits per heavy atom. The summed E-state index contributed by atoms with van der Waals surface area (Å²) >= 11 is 0. The van der Waals surface area contributed by atoms with Crippen molar-refractivity contribution in [2.24, 2.45) is 5.92 Å². The number of hydrogen-bond donors (Lipinski definition) is 2. The van der Waals surface area contributed by atoms with Crippen molar-refractivity contribution in [3.8, 4) is 0 Å². The second kappa shape index (κ2) is 6.45. The van der Waals surface area contributed by atoms with Crippen LogP contribution in [0.1, 0.15) is 32.3 Å². The van der Waals surface area contributed by atoms with Crippen LogP contribution in [0.2, 0.25) is 0 Å².